The van der Waals surface area contributed by atoms with Crippen LogP contribution in [0.3, 0.4) is 0 Å². The molecule has 1 saturated heterocycles. The van der Waals surface area contributed by atoms with E-state index in [1.54, 1.807) is 36.4 Å². The fourth-order valence-corrected chi connectivity index (χ4v) is 3.33. The molecule has 2 aromatic rings. The number of amidine groups is 1. The molecular formula is C21H22N6O5. The van der Waals surface area contributed by atoms with Crippen LogP contribution in [-0.4, -0.2) is 64.2 Å². The maximum Gasteiger partial charge on any atom is 0.316 e. The highest BCUT2D eigenvalue weighted by molar-refractivity contribution is 6.41. The van der Waals surface area contributed by atoms with Crippen LogP contribution in [0.15, 0.2) is 48.8 Å². The largest absolute Gasteiger partial charge is 0.481 e. The maximum absolute atomic E-state index is 12.6. The van der Waals surface area contributed by atoms with Crippen molar-refractivity contribution in [3.8, 4) is 0 Å². The SMILES string of the molecule is N=C(N)c1ccc(N2CCN(CC(=O)NC(CC(=O)O)c3ccncc3)C(=O)C2=O)cc1. The summed E-state index contributed by atoms with van der Waals surface area (Å²) in [4.78, 5) is 55.1. The van der Waals surface area contributed by atoms with Crippen LogP contribution >= 0.6 is 0 Å². The Hall–Kier alpha value is -4.28. The standard InChI is InChI=1S/C21H22N6O5/c22-19(23)14-1-3-15(4-2-14)27-10-9-26(20(31)21(27)32)12-17(28)25-16(11-18(29)30)13-5-7-24-8-6-13/h1-8,16H,9-12H2,(H3,22,23)(H,25,28)(H,29,30). The number of nitrogens with zero attached hydrogens (tertiary/aromatic N) is 3. The van der Waals surface area contributed by atoms with Crippen molar-refractivity contribution >= 4 is 35.2 Å². The van der Waals surface area contributed by atoms with E-state index >= 15 is 0 Å². The van der Waals surface area contributed by atoms with Gasteiger partial charge in [-0.3, -0.25) is 29.6 Å². The number of rotatable bonds is 8. The van der Waals surface area contributed by atoms with Crippen LogP contribution < -0.4 is 16.0 Å². The van der Waals surface area contributed by atoms with Crippen molar-refractivity contribution in [3.63, 3.8) is 0 Å². The number of piperazine rings is 1. The van der Waals surface area contributed by atoms with Crippen LogP contribution in [0.4, 0.5) is 5.69 Å². The lowest BCUT2D eigenvalue weighted by Gasteiger charge is -2.33. The third kappa shape index (κ3) is 5.25. The van der Waals surface area contributed by atoms with Gasteiger partial charge in [0.2, 0.25) is 5.91 Å². The van der Waals surface area contributed by atoms with Crippen LogP contribution in [-0.2, 0) is 19.2 Å². The average Bonchev–Trinajstić information content (AvgIpc) is 2.77. The van der Waals surface area contributed by atoms with Crippen LogP contribution in [0.25, 0.3) is 0 Å². The highest BCUT2D eigenvalue weighted by Gasteiger charge is 2.34. The second-order valence-corrected chi connectivity index (χ2v) is 7.14. The number of nitrogens with two attached hydrogens (primary N) is 1. The molecule has 0 bridgehead atoms. The number of pyridine rings is 1. The van der Waals surface area contributed by atoms with Crippen molar-refractivity contribution in [3.05, 3.63) is 59.9 Å². The number of hydrogen-bond donors (Lipinski definition) is 4. The first-order valence-corrected chi connectivity index (χ1v) is 9.72. The number of anilines is 1. The third-order valence-corrected chi connectivity index (χ3v) is 4.96. The number of aliphatic carboxylic acids is 1. The van der Waals surface area contributed by atoms with Gasteiger partial charge in [0.15, 0.2) is 0 Å². The molecule has 1 fully saturated rings. The highest BCUT2D eigenvalue weighted by Crippen LogP contribution is 2.19. The summed E-state index contributed by atoms with van der Waals surface area (Å²) in [6.07, 6.45) is 2.63. The average molecular weight is 438 g/mol. The van der Waals surface area contributed by atoms with E-state index in [-0.39, 0.29) is 31.9 Å². The molecule has 0 radical (unpaired) electrons. The number of nitrogen functional groups attached to an aromatic ring is 1. The van der Waals surface area contributed by atoms with Gasteiger partial charge in [0.1, 0.15) is 12.4 Å². The van der Waals surface area contributed by atoms with E-state index < -0.39 is 29.7 Å². The number of aromatic nitrogens is 1. The molecule has 1 atom stereocenters. The van der Waals surface area contributed by atoms with Crippen LogP contribution in [0.2, 0.25) is 0 Å². The second-order valence-electron chi connectivity index (χ2n) is 7.14. The molecule has 11 heteroatoms. The molecule has 1 aromatic carbocycles. The second kappa shape index (κ2) is 9.69. The summed E-state index contributed by atoms with van der Waals surface area (Å²) in [5.41, 5.74) is 6.97. The van der Waals surface area contributed by atoms with E-state index in [0.717, 1.165) is 4.90 Å². The Morgan fingerprint density at radius 3 is 2.34 bits per heavy atom. The minimum Gasteiger partial charge on any atom is -0.481 e. The van der Waals surface area contributed by atoms with Gasteiger partial charge in [-0.25, -0.2) is 0 Å². The summed E-state index contributed by atoms with van der Waals surface area (Å²) in [5, 5.41) is 19.2. The van der Waals surface area contributed by atoms with Crippen molar-refractivity contribution in [1.29, 1.82) is 5.41 Å². The van der Waals surface area contributed by atoms with E-state index in [1.165, 1.54) is 17.3 Å². The Bertz CT molecular complexity index is 1040. The number of amides is 3. The normalized spacial score (nSPS) is 14.8. The predicted octanol–water partition coefficient (Wildman–Crippen LogP) is -0.127. The molecule has 3 rings (SSSR count). The van der Waals surface area contributed by atoms with Gasteiger partial charge in [-0.1, -0.05) is 0 Å². The Balaban J connectivity index is 1.64. The first kappa shape index (κ1) is 22.4. The summed E-state index contributed by atoms with van der Waals surface area (Å²) in [5.74, 6) is -3.39. The Labute approximate surface area is 183 Å². The molecule has 166 valence electrons. The number of hydrogen-bond acceptors (Lipinski definition) is 6. The van der Waals surface area contributed by atoms with E-state index in [1.807, 2.05) is 0 Å². The fraction of sp³-hybridized carbons (Fsp3) is 0.238. The van der Waals surface area contributed by atoms with Gasteiger partial charge in [0.05, 0.1) is 12.5 Å². The fourth-order valence-electron chi connectivity index (χ4n) is 3.33. The van der Waals surface area contributed by atoms with Gasteiger partial charge in [0, 0.05) is 36.7 Å². The topological polar surface area (TPSA) is 170 Å². The van der Waals surface area contributed by atoms with Gasteiger partial charge in [-0.05, 0) is 42.0 Å². The number of benzene rings is 1. The molecular weight excluding hydrogens is 416 g/mol. The van der Waals surface area contributed by atoms with E-state index in [0.29, 0.717) is 16.8 Å². The molecule has 1 unspecified atom stereocenters. The molecule has 1 aliphatic rings. The summed E-state index contributed by atoms with van der Waals surface area (Å²) < 4.78 is 0. The third-order valence-electron chi connectivity index (χ3n) is 4.96. The zero-order chi connectivity index (χ0) is 23.3. The maximum atomic E-state index is 12.6. The Morgan fingerprint density at radius 2 is 1.75 bits per heavy atom. The van der Waals surface area contributed by atoms with Crippen molar-refractivity contribution in [2.75, 3.05) is 24.5 Å². The summed E-state index contributed by atoms with van der Waals surface area (Å²) in [6, 6.07) is 8.74. The summed E-state index contributed by atoms with van der Waals surface area (Å²) >= 11 is 0. The molecule has 5 N–H and O–H groups in total. The zero-order valence-corrected chi connectivity index (χ0v) is 17.0. The smallest absolute Gasteiger partial charge is 0.316 e. The van der Waals surface area contributed by atoms with Gasteiger partial charge in [-0.2, -0.15) is 0 Å². The van der Waals surface area contributed by atoms with Crippen molar-refractivity contribution in [2.24, 2.45) is 5.73 Å². The number of carbonyl (C=O) groups excluding carboxylic acids is 3. The first-order valence-electron chi connectivity index (χ1n) is 9.72. The van der Waals surface area contributed by atoms with Gasteiger partial charge in [0.25, 0.3) is 0 Å². The van der Waals surface area contributed by atoms with Crippen LogP contribution in [0.5, 0.6) is 0 Å². The first-order chi connectivity index (χ1) is 15.3. The molecule has 2 heterocycles. The van der Waals surface area contributed by atoms with Gasteiger partial charge < -0.3 is 26.0 Å². The Kier molecular flexibility index (Phi) is 6.78. The molecule has 0 spiro atoms. The lowest BCUT2D eigenvalue weighted by Crippen LogP contribution is -2.56. The van der Waals surface area contributed by atoms with Crippen molar-refractivity contribution in [2.45, 2.75) is 12.5 Å². The van der Waals surface area contributed by atoms with Crippen molar-refractivity contribution in [1.82, 2.24) is 15.2 Å². The van der Waals surface area contributed by atoms with Crippen LogP contribution in [0.1, 0.15) is 23.6 Å². The van der Waals surface area contributed by atoms with E-state index in [9.17, 15) is 19.2 Å². The van der Waals surface area contributed by atoms with Gasteiger partial charge >= 0.3 is 17.8 Å². The Morgan fingerprint density at radius 1 is 1.09 bits per heavy atom. The molecule has 11 nitrogen and oxygen atoms in total. The number of carbonyl (C=O) groups is 4. The molecule has 1 aromatic heterocycles. The number of carboxylic acid groups (broad SMARTS) is 1. The van der Waals surface area contributed by atoms with E-state index in [4.69, 9.17) is 16.2 Å². The van der Waals surface area contributed by atoms with Gasteiger partial charge in [-0.15, -0.1) is 0 Å². The monoisotopic (exact) mass is 438 g/mol. The highest BCUT2D eigenvalue weighted by atomic mass is 16.4. The quantitative estimate of drug-likeness (QED) is 0.253. The molecule has 3 amide bonds. The predicted molar refractivity (Wildman–Crippen MR) is 114 cm³/mol. The minimum absolute atomic E-state index is 0.109. The molecule has 1 aliphatic heterocycles. The minimum atomic E-state index is -1.09. The number of nitrogens with one attached hydrogen (secondary N) is 2. The number of carboxylic acids is 1. The zero-order valence-electron chi connectivity index (χ0n) is 17.0. The molecule has 32 heavy (non-hydrogen) atoms. The lowest BCUT2D eigenvalue weighted by molar-refractivity contribution is -0.147. The molecule has 0 saturated carbocycles. The molecule has 0 aliphatic carbocycles. The van der Waals surface area contributed by atoms with Crippen LogP contribution in [0, 0.1) is 5.41 Å². The van der Waals surface area contributed by atoms with Crippen molar-refractivity contribution < 1.29 is 24.3 Å². The summed E-state index contributed by atoms with van der Waals surface area (Å²) in [6.45, 7) is -0.0611. The lowest BCUT2D eigenvalue weighted by atomic mass is 10.1. The summed E-state index contributed by atoms with van der Waals surface area (Å²) in [7, 11) is 0. The van der Waals surface area contributed by atoms with E-state index in [2.05, 4.69) is 10.3 Å².